The van der Waals surface area contributed by atoms with Crippen LogP contribution in [-0.2, 0) is 15.0 Å². The minimum absolute atomic E-state index is 0.0419. The lowest BCUT2D eigenvalue weighted by Crippen LogP contribution is -2.37. The van der Waals surface area contributed by atoms with Crippen LogP contribution in [0.25, 0.3) is 10.9 Å². The number of ether oxygens (including phenoxy) is 1. The van der Waals surface area contributed by atoms with Crippen molar-refractivity contribution in [1.29, 1.82) is 0 Å². The van der Waals surface area contributed by atoms with Gasteiger partial charge in [0.15, 0.2) is 0 Å². The molecule has 1 aliphatic rings. The number of nitrogens with one attached hydrogen (secondary N) is 1. The quantitative estimate of drug-likeness (QED) is 0.284. The highest BCUT2D eigenvalue weighted by atomic mass is 16.5. The molecule has 1 saturated heterocycles. The maximum atomic E-state index is 10.7. The molecular weight excluding hydrogens is 472 g/mol. The van der Waals surface area contributed by atoms with Gasteiger partial charge in [0.2, 0.25) is 0 Å². The van der Waals surface area contributed by atoms with Gasteiger partial charge in [-0.05, 0) is 42.3 Å². The molecule has 0 amide bonds. The minimum Gasteiger partial charge on any atom is -0.490 e. The zero-order chi connectivity index (χ0) is 26.3. The fraction of sp³-hybridized carbons (Fsp3) is 0.241. The summed E-state index contributed by atoms with van der Waals surface area (Å²) in [6, 6.07) is 29.5. The average Bonchev–Trinajstić information content (AvgIpc) is 3.57. The number of benzene rings is 3. The summed E-state index contributed by atoms with van der Waals surface area (Å²) in [7, 11) is 0. The Morgan fingerprint density at radius 3 is 2.11 bits per heavy atom. The first-order chi connectivity index (χ1) is 17.9. The standard InChI is InChI=1S/C27H28N2O2.C2H2O4/c30-23(19-31-26-13-7-12-25-24(26)14-16-28-25)18-29-17-15-27(20-29,21-8-3-1-4-9-21)22-10-5-2-6-11-22;3-1(4)2(5)6/h1-14,16,23,28,30H,15,17-20H2;(H,3,4)(H,5,6)/t23-;/m0./s1. The van der Waals surface area contributed by atoms with Crippen LogP contribution in [0.3, 0.4) is 0 Å². The molecule has 8 heteroatoms. The second-order valence-corrected chi connectivity index (χ2v) is 9.07. The molecule has 0 unspecified atom stereocenters. The Kier molecular flexibility index (Phi) is 8.22. The molecule has 3 aromatic carbocycles. The number of carboxylic acids is 2. The number of carbonyl (C=O) groups is 2. The van der Waals surface area contributed by atoms with Crippen LogP contribution in [0.15, 0.2) is 91.1 Å². The molecule has 0 aliphatic carbocycles. The molecule has 8 nitrogen and oxygen atoms in total. The molecule has 1 atom stereocenters. The lowest BCUT2D eigenvalue weighted by molar-refractivity contribution is -0.159. The number of aliphatic carboxylic acids is 2. The number of aliphatic hydroxyl groups is 1. The summed E-state index contributed by atoms with van der Waals surface area (Å²) in [5.74, 6) is -2.84. The van der Waals surface area contributed by atoms with Crippen LogP contribution in [0.2, 0.25) is 0 Å². The predicted octanol–water partition coefficient (Wildman–Crippen LogP) is 3.76. The molecule has 1 fully saturated rings. The van der Waals surface area contributed by atoms with E-state index in [1.165, 1.54) is 11.1 Å². The van der Waals surface area contributed by atoms with E-state index in [1.807, 2.05) is 30.5 Å². The zero-order valence-corrected chi connectivity index (χ0v) is 20.3. The van der Waals surface area contributed by atoms with Gasteiger partial charge in [0.05, 0.1) is 0 Å². The van der Waals surface area contributed by atoms with Crippen LogP contribution < -0.4 is 4.74 Å². The lowest BCUT2D eigenvalue weighted by Gasteiger charge is -2.31. The summed E-state index contributed by atoms with van der Waals surface area (Å²) in [5.41, 5.74) is 3.68. The van der Waals surface area contributed by atoms with Gasteiger partial charge >= 0.3 is 11.9 Å². The van der Waals surface area contributed by atoms with Crippen molar-refractivity contribution in [3.63, 3.8) is 0 Å². The van der Waals surface area contributed by atoms with E-state index in [0.29, 0.717) is 6.54 Å². The highest BCUT2D eigenvalue weighted by Crippen LogP contribution is 2.40. The van der Waals surface area contributed by atoms with Gasteiger partial charge in [-0.2, -0.15) is 0 Å². The second-order valence-electron chi connectivity index (χ2n) is 9.07. The number of nitrogens with zero attached hydrogens (tertiary/aromatic N) is 1. The number of hydrogen-bond acceptors (Lipinski definition) is 5. The molecule has 2 heterocycles. The molecule has 1 aliphatic heterocycles. The van der Waals surface area contributed by atoms with E-state index in [1.54, 1.807) is 0 Å². The normalized spacial score (nSPS) is 15.5. The van der Waals surface area contributed by atoms with Gasteiger partial charge in [0.25, 0.3) is 0 Å². The fourth-order valence-electron chi connectivity index (χ4n) is 4.92. The van der Waals surface area contributed by atoms with Crippen molar-refractivity contribution in [1.82, 2.24) is 9.88 Å². The summed E-state index contributed by atoms with van der Waals surface area (Å²) < 4.78 is 5.97. The van der Waals surface area contributed by atoms with Crippen molar-refractivity contribution in [3.05, 3.63) is 102 Å². The SMILES string of the molecule is O=C(O)C(=O)O.O[C@H](COc1cccc2[nH]ccc12)CN1CCC(c2ccccc2)(c2ccccc2)C1. The van der Waals surface area contributed by atoms with Crippen molar-refractivity contribution in [3.8, 4) is 5.75 Å². The first-order valence-corrected chi connectivity index (χ1v) is 12.1. The highest BCUT2D eigenvalue weighted by Gasteiger charge is 2.41. The molecule has 192 valence electrons. The first kappa shape index (κ1) is 25.9. The first-order valence-electron chi connectivity index (χ1n) is 12.1. The number of β-amino-alcohol motifs (C(OH)–C–C–N with tert-alkyl or cyclic N) is 1. The Morgan fingerprint density at radius 1 is 0.892 bits per heavy atom. The molecular formula is C29H30N2O6. The van der Waals surface area contributed by atoms with Crippen molar-refractivity contribution in [2.24, 2.45) is 0 Å². The fourth-order valence-corrected chi connectivity index (χ4v) is 4.92. The molecule has 0 spiro atoms. The molecule has 0 bridgehead atoms. The Balaban J connectivity index is 0.000000480. The maximum Gasteiger partial charge on any atom is 0.414 e. The number of hydrogen-bond donors (Lipinski definition) is 4. The number of fused-ring (bicyclic) bond motifs is 1. The Morgan fingerprint density at radius 2 is 1.51 bits per heavy atom. The molecule has 4 aromatic rings. The molecule has 0 saturated carbocycles. The van der Waals surface area contributed by atoms with Crippen LogP contribution >= 0.6 is 0 Å². The molecule has 1 aromatic heterocycles. The topological polar surface area (TPSA) is 123 Å². The van der Waals surface area contributed by atoms with E-state index in [0.717, 1.165) is 36.2 Å². The van der Waals surface area contributed by atoms with Crippen LogP contribution in [0.4, 0.5) is 0 Å². The Bertz CT molecular complexity index is 1270. The third kappa shape index (κ3) is 6.17. The molecule has 5 rings (SSSR count). The van der Waals surface area contributed by atoms with Crippen LogP contribution in [0.1, 0.15) is 17.5 Å². The Labute approximate surface area is 214 Å². The number of H-pyrrole nitrogens is 1. The maximum absolute atomic E-state index is 10.7. The predicted molar refractivity (Wildman–Crippen MR) is 140 cm³/mol. The van der Waals surface area contributed by atoms with Crippen LogP contribution in [0, 0.1) is 0 Å². The van der Waals surface area contributed by atoms with E-state index in [4.69, 9.17) is 24.5 Å². The van der Waals surface area contributed by atoms with Crippen molar-refractivity contribution >= 4 is 22.8 Å². The number of aromatic nitrogens is 1. The van der Waals surface area contributed by atoms with Crippen LogP contribution in [0.5, 0.6) is 5.75 Å². The van der Waals surface area contributed by atoms with Crippen LogP contribution in [-0.4, -0.2) is 69.5 Å². The van der Waals surface area contributed by atoms with Gasteiger partial charge in [0.1, 0.15) is 18.5 Å². The summed E-state index contributed by atoms with van der Waals surface area (Å²) in [4.78, 5) is 23.8. The van der Waals surface area contributed by atoms with Gasteiger partial charge < -0.3 is 25.0 Å². The van der Waals surface area contributed by atoms with Gasteiger partial charge in [-0.3, -0.25) is 4.90 Å². The Hall–Kier alpha value is -4.14. The van der Waals surface area contributed by atoms with Crippen molar-refractivity contribution < 1.29 is 29.6 Å². The lowest BCUT2D eigenvalue weighted by atomic mass is 9.74. The smallest absolute Gasteiger partial charge is 0.414 e. The van der Waals surface area contributed by atoms with Gasteiger partial charge in [-0.15, -0.1) is 0 Å². The van der Waals surface area contributed by atoms with Crippen molar-refractivity contribution in [2.75, 3.05) is 26.2 Å². The van der Waals surface area contributed by atoms with E-state index in [-0.39, 0.29) is 12.0 Å². The van der Waals surface area contributed by atoms with E-state index in [2.05, 4.69) is 70.5 Å². The zero-order valence-electron chi connectivity index (χ0n) is 20.3. The monoisotopic (exact) mass is 502 g/mol. The highest BCUT2D eigenvalue weighted by molar-refractivity contribution is 6.27. The average molecular weight is 503 g/mol. The molecule has 37 heavy (non-hydrogen) atoms. The minimum atomic E-state index is -1.82. The second kappa shape index (κ2) is 11.7. The van der Waals surface area contributed by atoms with Gasteiger partial charge in [-0.25, -0.2) is 9.59 Å². The van der Waals surface area contributed by atoms with E-state index >= 15 is 0 Å². The summed E-state index contributed by atoms with van der Waals surface area (Å²) in [5, 5.41) is 26.6. The van der Waals surface area contributed by atoms with E-state index < -0.39 is 18.0 Å². The summed E-state index contributed by atoms with van der Waals surface area (Å²) in [6.45, 7) is 2.73. The van der Waals surface area contributed by atoms with E-state index in [9.17, 15) is 5.11 Å². The molecule has 0 radical (unpaired) electrons. The summed E-state index contributed by atoms with van der Waals surface area (Å²) >= 11 is 0. The number of aromatic amines is 1. The van der Waals surface area contributed by atoms with Gasteiger partial charge in [0, 0.05) is 35.6 Å². The summed E-state index contributed by atoms with van der Waals surface area (Å²) in [6.07, 6.45) is 2.40. The third-order valence-corrected chi connectivity index (χ3v) is 6.64. The number of rotatable bonds is 7. The van der Waals surface area contributed by atoms with Gasteiger partial charge in [-0.1, -0.05) is 66.7 Å². The van der Waals surface area contributed by atoms with Crippen molar-refractivity contribution in [2.45, 2.75) is 17.9 Å². The molecule has 4 N–H and O–H groups in total. The number of carboxylic acid groups (broad SMARTS) is 2. The number of likely N-dealkylation sites (tertiary alicyclic amines) is 1. The number of aliphatic hydroxyl groups excluding tert-OH is 1. The largest absolute Gasteiger partial charge is 0.490 e. The third-order valence-electron chi connectivity index (χ3n) is 6.64.